The highest BCUT2D eigenvalue weighted by atomic mass is 32.2. The van der Waals surface area contributed by atoms with Crippen LogP contribution in [0.3, 0.4) is 0 Å². The molecule has 0 aromatic heterocycles. The summed E-state index contributed by atoms with van der Waals surface area (Å²) in [6.45, 7) is 2.85. The molecular formula is C16H24N2O4S. The largest absolute Gasteiger partial charge is 0.383 e. The number of sulfonamides is 1. The first kappa shape index (κ1) is 17.7. The molecule has 1 heterocycles. The van der Waals surface area contributed by atoms with Crippen molar-refractivity contribution in [3.63, 3.8) is 0 Å². The van der Waals surface area contributed by atoms with E-state index in [1.165, 1.54) is 0 Å². The molecule has 1 atom stereocenters. The number of anilines is 1. The summed E-state index contributed by atoms with van der Waals surface area (Å²) in [6.07, 6.45) is 3.06. The van der Waals surface area contributed by atoms with Crippen LogP contribution in [0, 0.1) is 0 Å². The van der Waals surface area contributed by atoms with Crippen molar-refractivity contribution in [3.8, 4) is 0 Å². The van der Waals surface area contributed by atoms with Crippen LogP contribution < -0.4 is 4.72 Å². The first-order valence-corrected chi connectivity index (χ1v) is 9.52. The van der Waals surface area contributed by atoms with E-state index >= 15 is 0 Å². The van der Waals surface area contributed by atoms with E-state index in [2.05, 4.69) is 4.72 Å². The molecule has 6 nitrogen and oxygen atoms in total. The number of carbonyl (C=O) groups is 1. The number of hydrogen-bond acceptors (Lipinski definition) is 4. The molecule has 1 aliphatic heterocycles. The first-order chi connectivity index (χ1) is 11.0. The van der Waals surface area contributed by atoms with Gasteiger partial charge in [0.2, 0.25) is 10.0 Å². The predicted molar refractivity (Wildman–Crippen MR) is 90.1 cm³/mol. The summed E-state index contributed by atoms with van der Waals surface area (Å²) in [6, 6.07) is 6.67. The predicted octanol–water partition coefficient (Wildman–Crippen LogP) is 2.09. The third-order valence-electron chi connectivity index (χ3n) is 4.03. The van der Waals surface area contributed by atoms with Gasteiger partial charge in [0, 0.05) is 24.9 Å². The number of hydrogen-bond donors (Lipinski definition) is 1. The Balaban J connectivity index is 2.10. The minimum absolute atomic E-state index is 0.0140. The maximum Gasteiger partial charge on any atom is 0.254 e. The lowest BCUT2D eigenvalue weighted by molar-refractivity contribution is 0.0428. The summed E-state index contributed by atoms with van der Waals surface area (Å²) in [4.78, 5) is 14.5. The van der Waals surface area contributed by atoms with E-state index in [0.29, 0.717) is 17.9 Å². The van der Waals surface area contributed by atoms with Gasteiger partial charge in [-0.15, -0.1) is 0 Å². The second-order valence-electron chi connectivity index (χ2n) is 5.69. The number of methoxy groups -OCH3 is 1. The third kappa shape index (κ3) is 4.68. The highest BCUT2D eigenvalue weighted by molar-refractivity contribution is 7.92. The molecule has 1 saturated heterocycles. The van der Waals surface area contributed by atoms with E-state index in [0.717, 1.165) is 25.8 Å². The summed E-state index contributed by atoms with van der Waals surface area (Å²) >= 11 is 0. The lowest BCUT2D eigenvalue weighted by atomic mass is 10.0. The molecule has 2 rings (SSSR count). The normalized spacial score (nSPS) is 18.7. The summed E-state index contributed by atoms with van der Waals surface area (Å²) < 4.78 is 30.8. The van der Waals surface area contributed by atoms with E-state index < -0.39 is 10.0 Å². The molecule has 0 saturated carbocycles. The van der Waals surface area contributed by atoms with Crippen LogP contribution in [0.1, 0.15) is 36.5 Å². The summed E-state index contributed by atoms with van der Waals surface area (Å²) in [7, 11) is -1.66. The number of rotatable bonds is 6. The number of likely N-dealkylation sites (tertiary alicyclic amines) is 1. The zero-order valence-corrected chi connectivity index (χ0v) is 14.4. The molecule has 0 bridgehead atoms. The average Bonchev–Trinajstić information content (AvgIpc) is 2.55. The summed E-state index contributed by atoms with van der Waals surface area (Å²) in [5.74, 6) is -0.0168. The molecule has 1 N–H and O–H groups in total. The number of benzene rings is 1. The van der Waals surface area contributed by atoms with Crippen molar-refractivity contribution in [2.45, 2.75) is 32.2 Å². The van der Waals surface area contributed by atoms with Gasteiger partial charge < -0.3 is 9.64 Å². The van der Waals surface area contributed by atoms with Gasteiger partial charge in [-0.1, -0.05) is 0 Å². The minimum atomic E-state index is -3.30. The maximum atomic E-state index is 12.7. The van der Waals surface area contributed by atoms with Gasteiger partial charge in [0.15, 0.2) is 0 Å². The van der Waals surface area contributed by atoms with Crippen molar-refractivity contribution in [1.82, 2.24) is 4.90 Å². The molecule has 0 unspecified atom stereocenters. The van der Waals surface area contributed by atoms with Crippen LogP contribution in [0.2, 0.25) is 0 Å². The third-order valence-corrected chi connectivity index (χ3v) is 5.34. The Kier molecular flexibility index (Phi) is 6.01. The fraction of sp³-hybridized carbons (Fsp3) is 0.562. The van der Waals surface area contributed by atoms with E-state index in [1.807, 2.05) is 4.90 Å². The molecule has 128 valence electrons. The summed E-state index contributed by atoms with van der Waals surface area (Å²) in [5, 5.41) is 0. The fourth-order valence-corrected chi connectivity index (χ4v) is 3.37. The fourth-order valence-electron chi connectivity index (χ4n) is 2.73. The van der Waals surface area contributed by atoms with E-state index in [-0.39, 0.29) is 17.7 Å². The summed E-state index contributed by atoms with van der Waals surface area (Å²) in [5.41, 5.74) is 1.03. The van der Waals surface area contributed by atoms with Crippen LogP contribution in [-0.4, -0.2) is 51.3 Å². The second kappa shape index (κ2) is 7.79. The minimum Gasteiger partial charge on any atom is -0.383 e. The van der Waals surface area contributed by atoms with Gasteiger partial charge in [0.05, 0.1) is 18.4 Å². The number of carbonyl (C=O) groups excluding carboxylic acids is 1. The van der Waals surface area contributed by atoms with E-state index in [4.69, 9.17) is 4.74 Å². The van der Waals surface area contributed by atoms with Gasteiger partial charge in [-0.3, -0.25) is 9.52 Å². The molecule has 1 fully saturated rings. The highest BCUT2D eigenvalue weighted by Crippen LogP contribution is 2.21. The first-order valence-electron chi connectivity index (χ1n) is 7.87. The van der Waals surface area contributed by atoms with Crippen molar-refractivity contribution in [3.05, 3.63) is 29.8 Å². The topological polar surface area (TPSA) is 75.7 Å². The lowest BCUT2D eigenvalue weighted by Crippen LogP contribution is -2.46. The standard InChI is InChI=1S/C16H24N2O4S/c1-3-23(20,21)17-14-9-7-13(8-10-14)16(19)18-11-5-4-6-15(18)12-22-2/h7-10,15,17H,3-6,11-12H2,1-2H3/t15-/m1/s1. The Hall–Kier alpha value is -1.60. The van der Waals surface area contributed by atoms with Gasteiger partial charge >= 0.3 is 0 Å². The number of piperidine rings is 1. The smallest absolute Gasteiger partial charge is 0.254 e. The Bertz CT molecular complexity index is 626. The molecule has 23 heavy (non-hydrogen) atoms. The monoisotopic (exact) mass is 340 g/mol. The Morgan fingerprint density at radius 3 is 2.61 bits per heavy atom. The number of nitrogens with one attached hydrogen (secondary N) is 1. The number of ether oxygens (including phenoxy) is 1. The quantitative estimate of drug-likeness (QED) is 0.860. The molecule has 0 spiro atoms. The molecule has 1 amide bonds. The molecule has 1 aliphatic rings. The second-order valence-corrected chi connectivity index (χ2v) is 7.70. The van der Waals surface area contributed by atoms with Crippen molar-refractivity contribution < 1.29 is 17.9 Å². The highest BCUT2D eigenvalue weighted by Gasteiger charge is 2.27. The maximum absolute atomic E-state index is 12.7. The average molecular weight is 340 g/mol. The van der Waals surface area contributed by atoms with Crippen LogP contribution in [0.5, 0.6) is 0 Å². The van der Waals surface area contributed by atoms with Gasteiger partial charge in [0.25, 0.3) is 5.91 Å². The van der Waals surface area contributed by atoms with E-state index in [1.54, 1.807) is 38.3 Å². The van der Waals surface area contributed by atoms with Crippen LogP contribution in [0.15, 0.2) is 24.3 Å². The molecule has 0 aliphatic carbocycles. The molecule has 0 radical (unpaired) electrons. The zero-order valence-electron chi connectivity index (χ0n) is 13.6. The van der Waals surface area contributed by atoms with Crippen molar-refractivity contribution in [2.24, 2.45) is 0 Å². The van der Waals surface area contributed by atoms with Gasteiger partial charge in [-0.2, -0.15) is 0 Å². The Morgan fingerprint density at radius 1 is 1.30 bits per heavy atom. The van der Waals surface area contributed by atoms with Gasteiger partial charge in [-0.25, -0.2) is 8.42 Å². The van der Waals surface area contributed by atoms with Crippen LogP contribution in [-0.2, 0) is 14.8 Å². The van der Waals surface area contributed by atoms with Crippen molar-refractivity contribution in [2.75, 3.05) is 30.7 Å². The van der Waals surface area contributed by atoms with Crippen LogP contribution in [0.4, 0.5) is 5.69 Å². The molecule has 1 aromatic rings. The van der Waals surface area contributed by atoms with Crippen LogP contribution >= 0.6 is 0 Å². The van der Waals surface area contributed by atoms with Gasteiger partial charge in [0.1, 0.15) is 0 Å². The molecular weight excluding hydrogens is 316 g/mol. The SMILES string of the molecule is CCS(=O)(=O)Nc1ccc(C(=O)N2CCCC[C@@H]2COC)cc1. The lowest BCUT2D eigenvalue weighted by Gasteiger charge is -2.35. The van der Waals surface area contributed by atoms with Crippen LogP contribution in [0.25, 0.3) is 0 Å². The number of nitrogens with zero attached hydrogens (tertiary/aromatic N) is 1. The van der Waals surface area contributed by atoms with E-state index in [9.17, 15) is 13.2 Å². The van der Waals surface area contributed by atoms with Crippen molar-refractivity contribution in [1.29, 1.82) is 0 Å². The number of amides is 1. The van der Waals surface area contributed by atoms with Crippen molar-refractivity contribution >= 4 is 21.6 Å². The Morgan fingerprint density at radius 2 is 2.00 bits per heavy atom. The molecule has 1 aromatic carbocycles. The Labute approximate surface area is 137 Å². The zero-order chi connectivity index (χ0) is 16.9. The van der Waals surface area contributed by atoms with Gasteiger partial charge in [-0.05, 0) is 50.5 Å². The molecule has 7 heteroatoms.